The van der Waals surface area contributed by atoms with Gasteiger partial charge in [-0.15, -0.1) is 0 Å². The topological polar surface area (TPSA) is 45.0 Å². The van der Waals surface area contributed by atoms with Crippen LogP contribution in [0.4, 0.5) is 20.2 Å². The molecule has 2 heterocycles. The van der Waals surface area contributed by atoms with Gasteiger partial charge in [-0.3, -0.25) is 4.90 Å². The summed E-state index contributed by atoms with van der Waals surface area (Å²) in [6.45, 7) is 4.62. The predicted octanol–water partition coefficient (Wildman–Crippen LogP) is 2.47. The molecule has 2 N–H and O–H groups in total. The Bertz CT molecular complexity index is 578. The van der Waals surface area contributed by atoms with Crippen LogP contribution in [0, 0.1) is 0 Å². The molecule has 25 heavy (non-hydrogen) atoms. The lowest BCUT2D eigenvalue weighted by atomic mass is 10.0. The monoisotopic (exact) mass is 354 g/mol. The van der Waals surface area contributed by atoms with E-state index in [1.165, 1.54) is 0 Å². The minimum absolute atomic E-state index is 0.0579. The second kappa shape index (κ2) is 7.74. The summed E-state index contributed by atoms with van der Waals surface area (Å²) in [5, 5.41) is 0. The molecule has 2 fully saturated rings. The molecule has 3 rings (SSSR count). The number of anilines is 2. The lowest BCUT2D eigenvalue weighted by Gasteiger charge is -2.45. The normalized spacial score (nSPS) is 24.0. The Hall–Kier alpha value is -1.60. The zero-order valence-electron chi connectivity index (χ0n) is 15.0. The summed E-state index contributed by atoms with van der Waals surface area (Å²) >= 11 is 0. The van der Waals surface area contributed by atoms with Crippen LogP contribution in [0.15, 0.2) is 18.2 Å². The van der Waals surface area contributed by atoms with E-state index in [9.17, 15) is 8.78 Å². The first-order chi connectivity index (χ1) is 11.9. The molecule has 1 aromatic carbocycles. The highest BCUT2D eigenvalue weighted by Gasteiger charge is 2.29. The van der Waals surface area contributed by atoms with E-state index in [1.807, 2.05) is 6.07 Å². The molecule has 2 aliphatic heterocycles. The summed E-state index contributed by atoms with van der Waals surface area (Å²) in [5.41, 5.74) is 6.86. The standard InChI is InChI=1S/C18H28F2N4O/c1-13-12-24(10-9-22(13)2)14-5-7-23(8-6-14)15-3-4-16(21)17(11-15)25-18(19)20/h3-4,11,13-14,18H,5-10,12,21H2,1-2H3. The molecule has 140 valence electrons. The lowest BCUT2D eigenvalue weighted by Crippen LogP contribution is -2.55. The van der Waals surface area contributed by atoms with Gasteiger partial charge in [0.1, 0.15) is 0 Å². The van der Waals surface area contributed by atoms with Gasteiger partial charge in [-0.25, -0.2) is 0 Å². The van der Waals surface area contributed by atoms with Crippen molar-refractivity contribution >= 4 is 11.4 Å². The molecule has 2 saturated heterocycles. The summed E-state index contributed by atoms with van der Waals surface area (Å²) < 4.78 is 29.5. The molecular weight excluding hydrogens is 326 g/mol. The Kier molecular flexibility index (Phi) is 5.64. The lowest BCUT2D eigenvalue weighted by molar-refractivity contribution is -0.0493. The maximum Gasteiger partial charge on any atom is 0.387 e. The van der Waals surface area contributed by atoms with Crippen molar-refractivity contribution in [3.05, 3.63) is 18.2 Å². The first-order valence-electron chi connectivity index (χ1n) is 8.97. The largest absolute Gasteiger partial charge is 0.433 e. The maximum absolute atomic E-state index is 12.5. The van der Waals surface area contributed by atoms with Gasteiger partial charge in [-0.2, -0.15) is 8.78 Å². The van der Waals surface area contributed by atoms with Gasteiger partial charge in [0.15, 0.2) is 5.75 Å². The molecule has 0 amide bonds. The maximum atomic E-state index is 12.5. The summed E-state index contributed by atoms with van der Waals surface area (Å²) in [7, 11) is 2.19. The smallest absolute Gasteiger partial charge is 0.387 e. The van der Waals surface area contributed by atoms with Gasteiger partial charge < -0.3 is 20.3 Å². The molecule has 7 heteroatoms. The predicted molar refractivity (Wildman–Crippen MR) is 96.4 cm³/mol. The van der Waals surface area contributed by atoms with Crippen LogP contribution >= 0.6 is 0 Å². The van der Waals surface area contributed by atoms with Crippen LogP contribution in [0.25, 0.3) is 0 Å². The van der Waals surface area contributed by atoms with Crippen LogP contribution in [0.1, 0.15) is 19.8 Å². The number of likely N-dealkylation sites (N-methyl/N-ethyl adjacent to an activating group) is 1. The van der Waals surface area contributed by atoms with Gasteiger partial charge in [0.2, 0.25) is 0 Å². The molecule has 0 saturated carbocycles. The van der Waals surface area contributed by atoms with Crippen molar-refractivity contribution in [2.24, 2.45) is 0 Å². The van der Waals surface area contributed by atoms with Crippen molar-refractivity contribution in [3.8, 4) is 5.75 Å². The fraction of sp³-hybridized carbons (Fsp3) is 0.667. The molecule has 0 bridgehead atoms. The molecule has 0 aromatic heterocycles. The van der Waals surface area contributed by atoms with Crippen molar-refractivity contribution in [2.45, 2.75) is 38.5 Å². The number of piperazine rings is 1. The highest BCUT2D eigenvalue weighted by molar-refractivity contribution is 5.62. The molecule has 0 spiro atoms. The van der Waals surface area contributed by atoms with E-state index in [0.29, 0.717) is 12.1 Å². The molecule has 1 atom stereocenters. The van der Waals surface area contributed by atoms with Crippen LogP contribution in [0.3, 0.4) is 0 Å². The van der Waals surface area contributed by atoms with Gasteiger partial charge in [-0.05, 0) is 38.9 Å². The Morgan fingerprint density at radius 2 is 1.88 bits per heavy atom. The van der Waals surface area contributed by atoms with Crippen molar-refractivity contribution in [1.29, 1.82) is 0 Å². The van der Waals surface area contributed by atoms with Crippen LogP contribution in [0.5, 0.6) is 5.75 Å². The van der Waals surface area contributed by atoms with Crippen LogP contribution in [-0.4, -0.2) is 68.3 Å². The average Bonchev–Trinajstić information content (AvgIpc) is 2.59. The number of nitrogens with zero attached hydrogens (tertiary/aromatic N) is 3. The van der Waals surface area contributed by atoms with Gasteiger partial charge in [0, 0.05) is 56.6 Å². The Morgan fingerprint density at radius 3 is 2.52 bits per heavy atom. The van der Waals surface area contributed by atoms with Gasteiger partial charge in [-0.1, -0.05) is 0 Å². The van der Waals surface area contributed by atoms with E-state index in [2.05, 4.69) is 33.4 Å². The molecule has 0 aliphatic carbocycles. The Balaban J connectivity index is 1.59. The van der Waals surface area contributed by atoms with Gasteiger partial charge >= 0.3 is 6.61 Å². The van der Waals surface area contributed by atoms with Crippen LogP contribution in [0.2, 0.25) is 0 Å². The zero-order chi connectivity index (χ0) is 18.0. The molecule has 0 radical (unpaired) electrons. The summed E-state index contributed by atoms with van der Waals surface area (Å²) in [4.78, 5) is 7.24. The van der Waals surface area contributed by atoms with Crippen molar-refractivity contribution < 1.29 is 13.5 Å². The minimum Gasteiger partial charge on any atom is -0.433 e. The number of ether oxygens (including phenoxy) is 1. The van der Waals surface area contributed by atoms with Crippen molar-refractivity contribution in [3.63, 3.8) is 0 Å². The number of halogens is 2. The van der Waals surface area contributed by atoms with Crippen LogP contribution in [-0.2, 0) is 0 Å². The minimum atomic E-state index is -2.86. The van der Waals surface area contributed by atoms with E-state index in [1.54, 1.807) is 12.1 Å². The Morgan fingerprint density at radius 1 is 1.16 bits per heavy atom. The van der Waals surface area contributed by atoms with Crippen LogP contribution < -0.4 is 15.4 Å². The average molecular weight is 354 g/mol. The van der Waals surface area contributed by atoms with E-state index in [-0.39, 0.29) is 11.4 Å². The number of benzene rings is 1. The fourth-order valence-electron chi connectivity index (χ4n) is 3.82. The molecular formula is C18H28F2N4O. The molecule has 1 unspecified atom stereocenters. The third-order valence-corrected chi connectivity index (χ3v) is 5.55. The third kappa shape index (κ3) is 4.33. The summed E-state index contributed by atoms with van der Waals surface area (Å²) in [5.74, 6) is 0.0579. The number of alkyl halides is 2. The number of nitrogen functional groups attached to an aromatic ring is 1. The van der Waals surface area contributed by atoms with Crippen molar-refractivity contribution in [1.82, 2.24) is 9.80 Å². The number of piperidine rings is 1. The van der Waals surface area contributed by atoms with E-state index in [4.69, 9.17) is 5.73 Å². The highest BCUT2D eigenvalue weighted by atomic mass is 19.3. The molecule has 5 nitrogen and oxygen atoms in total. The fourth-order valence-corrected chi connectivity index (χ4v) is 3.82. The zero-order valence-corrected chi connectivity index (χ0v) is 15.0. The quantitative estimate of drug-likeness (QED) is 0.842. The first-order valence-corrected chi connectivity index (χ1v) is 8.97. The molecule has 2 aliphatic rings. The number of nitrogens with two attached hydrogens (primary N) is 1. The number of hydrogen-bond acceptors (Lipinski definition) is 5. The van der Waals surface area contributed by atoms with E-state index < -0.39 is 6.61 Å². The second-order valence-electron chi connectivity index (χ2n) is 7.14. The summed E-state index contributed by atoms with van der Waals surface area (Å²) in [6.07, 6.45) is 2.18. The number of rotatable bonds is 4. The van der Waals surface area contributed by atoms with E-state index in [0.717, 1.165) is 51.3 Å². The second-order valence-corrected chi connectivity index (χ2v) is 7.14. The Labute approximate surface area is 148 Å². The first kappa shape index (κ1) is 18.2. The number of hydrogen-bond donors (Lipinski definition) is 1. The van der Waals surface area contributed by atoms with Gasteiger partial charge in [0.25, 0.3) is 0 Å². The highest BCUT2D eigenvalue weighted by Crippen LogP contribution is 2.31. The third-order valence-electron chi connectivity index (χ3n) is 5.55. The molecule has 1 aromatic rings. The van der Waals surface area contributed by atoms with Gasteiger partial charge in [0.05, 0.1) is 5.69 Å². The SMILES string of the molecule is CC1CN(C2CCN(c3ccc(N)c(OC(F)F)c3)CC2)CCN1C. The summed E-state index contributed by atoms with van der Waals surface area (Å²) in [6, 6.07) is 6.35. The van der Waals surface area contributed by atoms with E-state index >= 15 is 0 Å². The van der Waals surface area contributed by atoms with Crippen molar-refractivity contribution in [2.75, 3.05) is 50.4 Å².